The van der Waals surface area contributed by atoms with Gasteiger partial charge >= 0.3 is 6.18 Å². The van der Waals surface area contributed by atoms with Crippen molar-refractivity contribution in [1.29, 1.82) is 0 Å². The summed E-state index contributed by atoms with van der Waals surface area (Å²) in [5.74, 6) is -0.262. The average molecular weight is 353 g/mol. The molecule has 2 aromatic rings. The molecule has 0 saturated carbocycles. The Bertz CT molecular complexity index is 704. The van der Waals surface area contributed by atoms with Gasteiger partial charge in [0.05, 0.1) is 6.61 Å². The highest BCUT2D eigenvalue weighted by atomic mass is 19.4. The number of ether oxygens (including phenoxy) is 1. The Balaban J connectivity index is 2.42. The number of hydrogen-bond acceptors (Lipinski definition) is 4. The first-order chi connectivity index (χ1) is 11.9. The third-order valence-corrected chi connectivity index (χ3v) is 3.66. The maximum atomic E-state index is 13.1. The van der Waals surface area contributed by atoms with Crippen LogP contribution in [0.4, 0.5) is 24.8 Å². The van der Waals surface area contributed by atoms with Gasteiger partial charge in [0.2, 0.25) is 11.8 Å². The highest BCUT2D eigenvalue weighted by molar-refractivity contribution is 5.61. The van der Waals surface area contributed by atoms with Crippen LogP contribution in [0.2, 0.25) is 0 Å². The average Bonchev–Trinajstić information content (AvgIpc) is 2.59. The lowest BCUT2D eigenvalue weighted by Crippen LogP contribution is -2.18. The van der Waals surface area contributed by atoms with Crippen LogP contribution in [0.15, 0.2) is 30.5 Å². The number of hydrogen-bond donors (Lipinski definition) is 0. The van der Waals surface area contributed by atoms with Gasteiger partial charge in [0.15, 0.2) is 0 Å². The predicted molar refractivity (Wildman–Crippen MR) is 91.3 cm³/mol. The maximum Gasteiger partial charge on any atom is 0.423 e. The SMILES string of the molecule is CCCOc1nc(N(C)c2ccccc2CCC)ncc1C(F)(F)F. The van der Waals surface area contributed by atoms with E-state index in [0.717, 1.165) is 30.3 Å². The van der Waals surface area contributed by atoms with Crippen LogP contribution in [-0.4, -0.2) is 23.6 Å². The van der Waals surface area contributed by atoms with Gasteiger partial charge in [0, 0.05) is 18.9 Å². The quantitative estimate of drug-likeness (QED) is 0.702. The van der Waals surface area contributed by atoms with E-state index in [1.807, 2.05) is 31.2 Å². The van der Waals surface area contributed by atoms with Crippen LogP contribution in [0.5, 0.6) is 5.88 Å². The minimum Gasteiger partial charge on any atom is -0.477 e. The lowest BCUT2D eigenvalue weighted by Gasteiger charge is -2.22. The molecule has 0 unspecified atom stereocenters. The maximum absolute atomic E-state index is 13.1. The van der Waals surface area contributed by atoms with E-state index in [2.05, 4.69) is 16.9 Å². The summed E-state index contributed by atoms with van der Waals surface area (Å²) in [7, 11) is 1.74. The summed E-state index contributed by atoms with van der Waals surface area (Å²) in [6.07, 6.45) is -1.36. The van der Waals surface area contributed by atoms with Gasteiger partial charge in [-0.3, -0.25) is 0 Å². The molecular formula is C18H22F3N3O. The standard InChI is InChI=1S/C18H22F3N3O/c1-4-8-13-9-6-7-10-15(13)24(3)17-22-12-14(18(19,20)21)16(23-17)25-11-5-2/h6-7,9-10,12H,4-5,8,11H2,1-3H3. The van der Waals surface area contributed by atoms with E-state index in [-0.39, 0.29) is 12.6 Å². The van der Waals surface area contributed by atoms with E-state index in [0.29, 0.717) is 6.42 Å². The first kappa shape index (κ1) is 19.0. The van der Waals surface area contributed by atoms with E-state index >= 15 is 0 Å². The fourth-order valence-electron chi connectivity index (χ4n) is 2.45. The molecular weight excluding hydrogens is 331 g/mol. The van der Waals surface area contributed by atoms with Crippen molar-refractivity contribution in [3.05, 3.63) is 41.6 Å². The summed E-state index contributed by atoms with van der Waals surface area (Å²) in [5, 5.41) is 0. The number of nitrogens with zero attached hydrogens (tertiary/aromatic N) is 3. The number of benzene rings is 1. The first-order valence-corrected chi connectivity index (χ1v) is 8.27. The van der Waals surface area contributed by atoms with Crippen molar-refractivity contribution < 1.29 is 17.9 Å². The van der Waals surface area contributed by atoms with E-state index < -0.39 is 17.6 Å². The van der Waals surface area contributed by atoms with Gasteiger partial charge in [-0.2, -0.15) is 18.2 Å². The van der Waals surface area contributed by atoms with E-state index in [1.165, 1.54) is 0 Å². The lowest BCUT2D eigenvalue weighted by molar-refractivity contribution is -0.139. The minimum atomic E-state index is -4.56. The van der Waals surface area contributed by atoms with Gasteiger partial charge in [-0.25, -0.2) is 4.98 Å². The molecule has 0 radical (unpaired) electrons. The number of para-hydroxylation sites is 1. The summed E-state index contributed by atoms with van der Waals surface area (Å²) < 4.78 is 44.6. The summed E-state index contributed by atoms with van der Waals surface area (Å²) in [6, 6.07) is 7.71. The van der Waals surface area contributed by atoms with Crippen molar-refractivity contribution in [3.63, 3.8) is 0 Å². The smallest absolute Gasteiger partial charge is 0.423 e. The molecule has 0 N–H and O–H groups in total. The molecule has 4 nitrogen and oxygen atoms in total. The van der Waals surface area contributed by atoms with Crippen LogP contribution in [0, 0.1) is 0 Å². The van der Waals surface area contributed by atoms with Gasteiger partial charge < -0.3 is 9.64 Å². The summed E-state index contributed by atoms with van der Waals surface area (Å²) in [4.78, 5) is 9.62. The molecule has 0 amide bonds. The van der Waals surface area contributed by atoms with Crippen molar-refractivity contribution in [2.24, 2.45) is 0 Å². The molecule has 0 aliphatic heterocycles. The molecule has 0 atom stereocenters. The number of anilines is 2. The van der Waals surface area contributed by atoms with Crippen molar-refractivity contribution in [2.75, 3.05) is 18.6 Å². The van der Waals surface area contributed by atoms with E-state index in [1.54, 1.807) is 11.9 Å². The Hall–Kier alpha value is -2.31. The Labute approximate surface area is 145 Å². The van der Waals surface area contributed by atoms with Crippen LogP contribution < -0.4 is 9.64 Å². The number of aryl methyl sites for hydroxylation is 1. The monoisotopic (exact) mass is 353 g/mol. The zero-order valence-corrected chi connectivity index (χ0v) is 14.6. The normalized spacial score (nSPS) is 11.4. The fraction of sp³-hybridized carbons (Fsp3) is 0.444. The van der Waals surface area contributed by atoms with Crippen molar-refractivity contribution in [3.8, 4) is 5.88 Å². The minimum absolute atomic E-state index is 0.162. The second kappa shape index (κ2) is 8.18. The molecule has 0 fully saturated rings. The van der Waals surface area contributed by atoms with E-state index in [4.69, 9.17) is 4.74 Å². The first-order valence-electron chi connectivity index (χ1n) is 8.27. The zero-order valence-electron chi connectivity index (χ0n) is 14.6. The number of rotatable bonds is 7. The molecule has 0 spiro atoms. The molecule has 136 valence electrons. The van der Waals surface area contributed by atoms with Crippen LogP contribution in [-0.2, 0) is 12.6 Å². The zero-order chi connectivity index (χ0) is 18.4. The van der Waals surface area contributed by atoms with Gasteiger partial charge in [-0.05, 0) is 24.5 Å². The van der Waals surface area contributed by atoms with Gasteiger partial charge in [0.25, 0.3) is 0 Å². The molecule has 0 saturated heterocycles. The third kappa shape index (κ3) is 4.61. The van der Waals surface area contributed by atoms with Gasteiger partial charge in [0.1, 0.15) is 5.56 Å². The van der Waals surface area contributed by atoms with Crippen LogP contribution in [0.25, 0.3) is 0 Å². The Morgan fingerprint density at radius 1 is 1.12 bits per heavy atom. The fourth-order valence-corrected chi connectivity index (χ4v) is 2.45. The largest absolute Gasteiger partial charge is 0.477 e. The Kier molecular flexibility index (Phi) is 6.22. The second-order valence-corrected chi connectivity index (χ2v) is 5.67. The Morgan fingerprint density at radius 2 is 1.84 bits per heavy atom. The van der Waals surface area contributed by atoms with Crippen molar-refractivity contribution in [1.82, 2.24) is 9.97 Å². The highest BCUT2D eigenvalue weighted by Gasteiger charge is 2.36. The van der Waals surface area contributed by atoms with Crippen molar-refractivity contribution in [2.45, 2.75) is 39.3 Å². The molecule has 0 aliphatic rings. The molecule has 25 heavy (non-hydrogen) atoms. The lowest BCUT2D eigenvalue weighted by atomic mass is 10.1. The molecule has 2 rings (SSSR count). The van der Waals surface area contributed by atoms with Gasteiger partial charge in [-0.15, -0.1) is 0 Å². The molecule has 7 heteroatoms. The van der Waals surface area contributed by atoms with Crippen LogP contribution in [0.1, 0.15) is 37.8 Å². The predicted octanol–water partition coefficient (Wildman–Crippen LogP) is 5.00. The third-order valence-electron chi connectivity index (χ3n) is 3.66. The molecule has 0 bridgehead atoms. The molecule has 1 heterocycles. The van der Waals surface area contributed by atoms with E-state index in [9.17, 15) is 13.2 Å². The summed E-state index contributed by atoms with van der Waals surface area (Å²) in [6.45, 7) is 4.06. The number of aromatic nitrogens is 2. The van der Waals surface area contributed by atoms with Gasteiger partial charge in [-0.1, -0.05) is 38.5 Å². The molecule has 0 aliphatic carbocycles. The van der Waals surface area contributed by atoms with Crippen molar-refractivity contribution >= 4 is 11.6 Å². The van der Waals surface area contributed by atoms with Crippen LogP contribution >= 0.6 is 0 Å². The van der Waals surface area contributed by atoms with Crippen LogP contribution in [0.3, 0.4) is 0 Å². The summed E-state index contributed by atoms with van der Waals surface area (Å²) in [5.41, 5.74) is 0.998. The molecule has 1 aromatic heterocycles. The Morgan fingerprint density at radius 3 is 2.48 bits per heavy atom. The number of halogens is 3. The molecule has 1 aromatic carbocycles. The second-order valence-electron chi connectivity index (χ2n) is 5.67. The topological polar surface area (TPSA) is 38.2 Å². The summed E-state index contributed by atoms with van der Waals surface area (Å²) >= 11 is 0. The highest BCUT2D eigenvalue weighted by Crippen LogP contribution is 2.36. The number of alkyl halides is 3.